The predicted octanol–water partition coefficient (Wildman–Crippen LogP) is 2.54. The van der Waals surface area contributed by atoms with E-state index < -0.39 is 17.7 Å². The molecule has 0 aromatic heterocycles. The van der Waals surface area contributed by atoms with Gasteiger partial charge in [-0.2, -0.15) is 0 Å². The monoisotopic (exact) mass is 257 g/mol. The van der Waals surface area contributed by atoms with Crippen molar-refractivity contribution in [3.63, 3.8) is 0 Å². The summed E-state index contributed by atoms with van der Waals surface area (Å²) in [7, 11) is 0. The molecule has 0 fully saturated rings. The van der Waals surface area contributed by atoms with Gasteiger partial charge in [-0.15, -0.1) is 0 Å². The Morgan fingerprint density at radius 2 is 2.12 bits per heavy atom. The van der Waals surface area contributed by atoms with E-state index in [0.29, 0.717) is 0 Å². The first-order chi connectivity index (χ1) is 7.91. The van der Waals surface area contributed by atoms with E-state index in [4.69, 9.17) is 16.7 Å². The molecule has 0 aliphatic heterocycles. The van der Waals surface area contributed by atoms with E-state index in [1.165, 1.54) is 19.1 Å². The summed E-state index contributed by atoms with van der Waals surface area (Å²) in [6.07, 6.45) is 1.80. The standard InChI is InChI=1S/C11H9ClFNO3/c1-6(15)14-9-4-3-8(12)7(11(9)13)2-5-10(16)17/h2-5H,1H3,(H,14,15)(H,16,17). The molecule has 0 aliphatic carbocycles. The summed E-state index contributed by atoms with van der Waals surface area (Å²) in [6, 6.07) is 2.68. The van der Waals surface area contributed by atoms with Crippen molar-refractivity contribution in [2.45, 2.75) is 6.92 Å². The van der Waals surface area contributed by atoms with Crippen molar-refractivity contribution in [3.8, 4) is 0 Å². The molecule has 1 rings (SSSR count). The number of nitrogens with one attached hydrogen (secondary N) is 1. The average molecular weight is 258 g/mol. The smallest absolute Gasteiger partial charge is 0.328 e. The Morgan fingerprint density at radius 1 is 1.47 bits per heavy atom. The third kappa shape index (κ3) is 3.57. The van der Waals surface area contributed by atoms with Crippen LogP contribution in [0.15, 0.2) is 18.2 Å². The van der Waals surface area contributed by atoms with Crippen LogP contribution in [0.3, 0.4) is 0 Å². The largest absolute Gasteiger partial charge is 0.478 e. The number of hydrogen-bond acceptors (Lipinski definition) is 2. The molecule has 0 saturated heterocycles. The normalized spacial score (nSPS) is 10.5. The molecule has 6 heteroatoms. The fourth-order valence-corrected chi connectivity index (χ4v) is 1.37. The highest BCUT2D eigenvalue weighted by Gasteiger charge is 2.11. The SMILES string of the molecule is CC(=O)Nc1ccc(Cl)c(C=CC(=O)O)c1F. The Hall–Kier alpha value is -1.88. The van der Waals surface area contributed by atoms with Gasteiger partial charge in [-0.1, -0.05) is 11.6 Å². The molecule has 0 saturated carbocycles. The Labute approximate surface area is 102 Å². The van der Waals surface area contributed by atoms with Gasteiger partial charge in [-0.25, -0.2) is 9.18 Å². The molecule has 90 valence electrons. The molecule has 4 nitrogen and oxygen atoms in total. The van der Waals surface area contributed by atoms with E-state index in [0.717, 1.165) is 12.2 Å². The van der Waals surface area contributed by atoms with Crippen LogP contribution in [0.25, 0.3) is 6.08 Å². The van der Waals surface area contributed by atoms with Gasteiger partial charge >= 0.3 is 5.97 Å². The summed E-state index contributed by atoms with van der Waals surface area (Å²) < 4.78 is 13.8. The molecular formula is C11H9ClFNO3. The predicted molar refractivity (Wildman–Crippen MR) is 62.4 cm³/mol. The lowest BCUT2D eigenvalue weighted by Crippen LogP contribution is -2.08. The summed E-state index contributed by atoms with van der Waals surface area (Å²) in [6.45, 7) is 1.24. The molecule has 17 heavy (non-hydrogen) atoms. The molecule has 1 amide bonds. The van der Waals surface area contributed by atoms with Crippen molar-refractivity contribution < 1.29 is 19.1 Å². The molecule has 1 aromatic rings. The molecule has 0 spiro atoms. The van der Waals surface area contributed by atoms with Crippen LogP contribution in [0.5, 0.6) is 0 Å². The van der Waals surface area contributed by atoms with Gasteiger partial charge in [0, 0.05) is 18.6 Å². The number of carboxylic acids is 1. The van der Waals surface area contributed by atoms with Crippen molar-refractivity contribution in [3.05, 3.63) is 34.6 Å². The summed E-state index contributed by atoms with van der Waals surface area (Å²) >= 11 is 5.72. The van der Waals surface area contributed by atoms with Gasteiger partial charge in [0.15, 0.2) is 5.82 Å². The minimum absolute atomic E-state index is 0.0491. The molecule has 1 aromatic carbocycles. The number of carbonyl (C=O) groups excluding carboxylic acids is 1. The van der Waals surface area contributed by atoms with E-state index in [9.17, 15) is 14.0 Å². The number of anilines is 1. The summed E-state index contributed by atoms with van der Waals surface area (Å²) in [5.41, 5.74) is -0.132. The molecule has 0 bridgehead atoms. The molecule has 0 radical (unpaired) electrons. The quantitative estimate of drug-likeness (QED) is 0.818. The lowest BCUT2D eigenvalue weighted by atomic mass is 10.1. The second-order valence-electron chi connectivity index (χ2n) is 3.18. The molecule has 0 atom stereocenters. The van der Waals surface area contributed by atoms with Gasteiger partial charge in [-0.05, 0) is 18.2 Å². The van der Waals surface area contributed by atoms with Gasteiger partial charge in [-0.3, -0.25) is 4.79 Å². The number of amides is 1. The number of hydrogen-bond donors (Lipinski definition) is 2. The van der Waals surface area contributed by atoms with Crippen LogP contribution in [0.2, 0.25) is 5.02 Å². The minimum Gasteiger partial charge on any atom is -0.478 e. The van der Waals surface area contributed by atoms with Crippen molar-refractivity contribution in [2.75, 3.05) is 5.32 Å². The van der Waals surface area contributed by atoms with Crippen LogP contribution in [0.1, 0.15) is 12.5 Å². The van der Waals surface area contributed by atoms with Crippen LogP contribution in [0.4, 0.5) is 10.1 Å². The van der Waals surface area contributed by atoms with Crippen molar-refractivity contribution in [1.82, 2.24) is 0 Å². The zero-order chi connectivity index (χ0) is 13.0. The Kier molecular flexibility index (Phi) is 4.23. The van der Waals surface area contributed by atoms with Crippen molar-refractivity contribution >= 4 is 35.2 Å². The number of aliphatic carboxylic acids is 1. The third-order valence-corrected chi connectivity index (χ3v) is 2.16. The van der Waals surface area contributed by atoms with Crippen molar-refractivity contribution in [2.24, 2.45) is 0 Å². The third-order valence-electron chi connectivity index (χ3n) is 1.83. The fourth-order valence-electron chi connectivity index (χ4n) is 1.16. The second-order valence-corrected chi connectivity index (χ2v) is 3.58. The molecular weight excluding hydrogens is 249 g/mol. The number of halogens is 2. The number of carboxylic acid groups (broad SMARTS) is 1. The Bertz CT molecular complexity index is 500. The minimum atomic E-state index is -1.22. The fraction of sp³-hybridized carbons (Fsp3) is 0.0909. The first-order valence-electron chi connectivity index (χ1n) is 4.58. The van der Waals surface area contributed by atoms with E-state index in [-0.39, 0.29) is 16.3 Å². The number of benzene rings is 1. The van der Waals surface area contributed by atoms with E-state index in [1.807, 2.05) is 0 Å². The molecule has 0 aliphatic rings. The molecule has 0 unspecified atom stereocenters. The highest BCUT2D eigenvalue weighted by molar-refractivity contribution is 6.32. The second kappa shape index (κ2) is 5.45. The number of rotatable bonds is 3. The van der Waals surface area contributed by atoms with Gasteiger partial charge < -0.3 is 10.4 Å². The first-order valence-corrected chi connectivity index (χ1v) is 4.96. The maximum absolute atomic E-state index is 13.8. The lowest BCUT2D eigenvalue weighted by molar-refractivity contribution is -0.131. The van der Waals surface area contributed by atoms with Crippen LogP contribution in [-0.4, -0.2) is 17.0 Å². The van der Waals surface area contributed by atoms with Gasteiger partial charge in [0.25, 0.3) is 0 Å². The van der Waals surface area contributed by atoms with E-state index in [1.54, 1.807) is 0 Å². The number of carbonyl (C=O) groups is 2. The Balaban J connectivity index is 3.19. The van der Waals surface area contributed by atoms with Gasteiger partial charge in [0.1, 0.15) is 0 Å². The van der Waals surface area contributed by atoms with Crippen LogP contribution >= 0.6 is 11.6 Å². The molecule has 2 N–H and O–H groups in total. The zero-order valence-corrected chi connectivity index (χ0v) is 9.58. The summed E-state index contributed by atoms with van der Waals surface area (Å²) in [4.78, 5) is 21.1. The highest BCUT2D eigenvalue weighted by Crippen LogP contribution is 2.26. The maximum atomic E-state index is 13.8. The van der Waals surface area contributed by atoms with Crippen LogP contribution < -0.4 is 5.32 Å². The summed E-state index contributed by atoms with van der Waals surface area (Å²) in [5, 5.41) is 10.8. The van der Waals surface area contributed by atoms with Crippen LogP contribution in [-0.2, 0) is 9.59 Å². The highest BCUT2D eigenvalue weighted by atomic mass is 35.5. The topological polar surface area (TPSA) is 66.4 Å². The Morgan fingerprint density at radius 3 is 2.65 bits per heavy atom. The van der Waals surface area contributed by atoms with Gasteiger partial charge in [0.2, 0.25) is 5.91 Å². The van der Waals surface area contributed by atoms with Gasteiger partial charge in [0.05, 0.1) is 10.7 Å². The van der Waals surface area contributed by atoms with Crippen LogP contribution in [0, 0.1) is 5.82 Å². The summed E-state index contributed by atoms with van der Waals surface area (Å²) in [5.74, 6) is -2.42. The van der Waals surface area contributed by atoms with Crippen molar-refractivity contribution in [1.29, 1.82) is 0 Å². The van der Waals surface area contributed by atoms with E-state index >= 15 is 0 Å². The lowest BCUT2D eigenvalue weighted by Gasteiger charge is -2.07. The molecule has 0 heterocycles. The maximum Gasteiger partial charge on any atom is 0.328 e. The average Bonchev–Trinajstić information content (AvgIpc) is 2.21. The zero-order valence-electron chi connectivity index (χ0n) is 8.83. The first kappa shape index (κ1) is 13.2. The van der Waals surface area contributed by atoms with E-state index in [2.05, 4.69) is 5.32 Å².